The molecule has 2 N–H and O–H groups in total. The molecule has 0 bridgehead atoms. The van der Waals surface area contributed by atoms with Crippen molar-refractivity contribution in [2.24, 2.45) is 5.92 Å². The van der Waals surface area contributed by atoms with E-state index in [4.69, 9.17) is 4.74 Å². The number of nitrogens with one attached hydrogen (secondary N) is 2. The summed E-state index contributed by atoms with van der Waals surface area (Å²) < 4.78 is 7.57. The Morgan fingerprint density at radius 1 is 1.17 bits per heavy atom. The molecule has 0 unspecified atom stereocenters. The van der Waals surface area contributed by atoms with Gasteiger partial charge in [0, 0.05) is 19.6 Å². The van der Waals surface area contributed by atoms with Crippen molar-refractivity contribution in [1.29, 1.82) is 0 Å². The molecule has 4 rings (SSSR count). The van der Waals surface area contributed by atoms with Crippen LogP contribution in [0.3, 0.4) is 0 Å². The number of carbonyl (C=O) groups is 1. The molecule has 1 aliphatic rings. The predicted octanol–water partition coefficient (Wildman–Crippen LogP) is 3.44. The zero-order chi connectivity index (χ0) is 20.2. The lowest BCUT2D eigenvalue weighted by molar-refractivity contribution is 0.0940. The lowest BCUT2D eigenvalue weighted by atomic mass is 10.1. The van der Waals surface area contributed by atoms with Gasteiger partial charge >= 0.3 is 0 Å². The standard InChI is InChI=1S/C23H26N4O2/c1-16(2)15-29-21-14-27(20-6-4-3-5-7-20)26-22(21)23(28)25-11-17-8-9-18-12-24-13-19(18)10-17/h3-10,14,16,24H,11-13,15H2,1-2H3,(H,25,28). The Morgan fingerprint density at radius 2 is 1.97 bits per heavy atom. The van der Waals surface area contributed by atoms with Crippen LogP contribution in [0, 0.1) is 5.92 Å². The van der Waals surface area contributed by atoms with Gasteiger partial charge in [0.25, 0.3) is 5.91 Å². The number of benzene rings is 2. The summed E-state index contributed by atoms with van der Waals surface area (Å²) in [4.78, 5) is 12.9. The molecule has 1 aliphatic heterocycles. The van der Waals surface area contributed by atoms with Crippen LogP contribution in [0.2, 0.25) is 0 Å². The lowest BCUT2D eigenvalue weighted by Gasteiger charge is -2.09. The van der Waals surface area contributed by atoms with Crippen LogP contribution < -0.4 is 15.4 Å². The fourth-order valence-electron chi connectivity index (χ4n) is 3.31. The first-order valence-corrected chi connectivity index (χ1v) is 9.97. The number of fused-ring (bicyclic) bond motifs is 1. The van der Waals surface area contributed by atoms with Gasteiger partial charge in [0.05, 0.1) is 18.5 Å². The monoisotopic (exact) mass is 390 g/mol. The third-order valence-corrected chi connectivity index (χ3v) is 4.84. The van der Waals surface area contributed by atoms with E-state index < -0.39 is 0 Å². The van der Waals surface area contributed by atoms with Gasteiger partial charge in [-0.15, -0.1) is 0 Å². The Bertz CT molecular complexity index is 995. The van der Waals surface area contributed by atoms with Crippen LogP contribution in [0.5, 0.6) is 5.75 Å². The molecule has 0 spiro atoms. The van der Waals surface area contributed by atoms with Crippen LogP contribution in [-0.2, 0) is 19.6 Å². The van der Waals surface area contributed by atoms with Crippen molar-refractivity contribution >= 4 is 5.91 Å². The maximum absolute atomic E-state index is 12.9. The van der Waals surface area contributed by atoms with Crippen LogP contribution in [0.4, 0.5) is 0 Å². The lowest BCUT2D eigenvalue weighted by Crippen LogP contribution is -2.24. The van der Waals surface area contributed by atoms with Gasteiger partial charge in [-0.1, -0.05) is 50.2 Å². The van der Waals surface area contributed by atoms with Crippen LogP contribution in [0.15, 0.2) is 54.7 Å². The predicted molar refractivity (Wildman–Crippen MR) is 112 cm³/mol. The second kappa shape index (κ2) is 8.49. The fraction of sp³-hybridized carbons (Fsp3) is 0.304. The molecule has 0 saturated carbocycles. The Labute approximate surface area is 170 Å². The Kier molecular flexibility index (Phi) is 5.62. The molecule has 29 heavy (non-hydrogen) atoms. The highest BCUT2D eigenvalue weighted by Gasteiger charge is 2.19. The van der Waals surface area contributed by atoms with E-state index in [1.807, 2.05) is 30.3 Å². The maximum atomic E-state index is 12.9. The van der Waals surface area contributed by atoms with Crippen LogP contribution in [-0.4, -0.2) is 22.3 Å². The Morgan fingerprint density at radius 3 is 2.76 bits per heavy atom. The van der Waals surface area contributed by atoms with Crippen molar-refractivity contribution in [3.8, 4) is 11.4 Å². The van der Waals surface area contributed by atoms with Gasteiger partial charge in [-0.05, 0) is 34.7 Å². The van der Waals surface area contributed by atoms with Crippen molar-refractivity contribution in [2.45, 2.75) is 33.5 Å². The molecule has 0 saturated heterocycles. The van der Waals surface area contributed by atoms with Crippen molar-refractivity contribution in [2.75, 3.05) is 6.61 Å². The van der Waals surface area contributed by atoms with E-state index in [0.29, 0.717) is 30.5 Å². The quantitative estimate of drug-likeness (QED) is 0.648. The minimum Gasteiger partial charge on any atom is -0.489 e. The molecule has 6 heteroatoms. The van der Waals surface area contributed by atoms with Crippen molar-refractivity contribution < 1.29 is 9.53 Å². The number of hydrogen-bond acceptors (Lipinski definition) is 4. The van der Waals surface area contributed by atoms with Gasteiger partial charge in [-0.25, -0.2) is 4.68 Å². The molecule has 1 aromatic heterocycles. The smallest absolute Gasteiger partial charge is 0.275 e. The number of amides is 1. The van der Waals surface area contributed by atoms with Crippen LogP contribution >= 0.6 is 0 Å². The van der Waals surface area contributed by atoms with E-state index in [-0.39, 0.29) is 5.91 Å². The van der Waals surface area contributed by atoms with Gasteiger partial charge in [0.1, 0.15) is 0 Å². The van der Waals surface area contributed by atoms with E-state index >= 15 is 0 Å². The molecular weight excluding hydrogens is 364 g/mol. The molecule has 150 valence electrons. The van der Waals surface area contributed by atoms with E-state index in [0.717, 1.165) is 24.3 Å². The number of rotatable bonds is 7. The molecule has 0 fully saturated rings. The SMILES string of the molecule is CC(C)COc1cn(-c2ccccc2)nc1C(=O)NCc1ccc2c(c1)CNC2. The first-order valence-electron chi connectivity index (χ1n) is 9.97. The fourth-order valence-corrected chi connectivity index (χ4v) is 3.31. The molecular formula is C23H26N4O2. The number of hydrogen-bond donors (Lipinski definition) is 2. The average Bonchev–Trinajstić information content (AvgIpc) is 3.37. The molecule has 0 aliphatic carbocycles. The largest absolute Gasteiger partial charge is 0.489 e. The highest BCUT2D eigenvalue weighted by molar-refractivity contribution is 5.94. The van der Waals surface area contributed by atoms with Gasteiger partial charge < -0.3 is 15.4 Å². The highest BCUT2D eigenvalue weighted by Crippen LogP contribution is 2.21. The molecule has 0 atom stereocenters. The van der Waals surface area contributed by atoms with Gasteiger partial charge in [-0.2, -0.15) is 5.10 Å². The number of ether oxygens (including phenoxy) is 1. The second-order valence-corrected chi connectivity index (χ2v) is 7.72. The van der Waals surface area contributed by atoms with E-state index in [2.05, 4.69) is 47.8 Å². The normalized spacial score (nSPS) is 12.8. The summed E-state index contributed by atoms with van der Waals surface area (Å²) in [5.41, 5.74) is 4.88. The van der Waals surface area contributed by atoms with Crippen molar-refractivity contribution in [3.63, 3.8) is 0 Å². The minimum atomic E-state index is -0.239. The summed E-state index contributed by atoms with van der Waals surface area (Å²) in [6, 6.07) is 16.0. The Hall–Kier alpha value is -3.12. The van der Waals surface area contributed by atoms with E-state index in [1.54, 1.807) is 10.9 Å². The molecule has 3 aromatic rings. The zero-order valence-corrected chi connectivity index (χ0v) is 16.8. The summed E-state index contributed by atoms with van der Waals surface area (Å²) in [7, 11) is 0. The Balaban J connectivity index is 1.52. The van der Waals surface area contributed by atoms with Crippen molar-refractivity contribution in [3.05, 3.63) is 77.1 Å². The van der Waals surface area contributed by atoms with E-state index in [1.165, 1.54) is 11.1 Å². The van der Waals surface area contributed by atoms with Gasteiger partial charge in [0.2, 0.25) is 0 Å². The minimum absolute atomic E-state index is 0.239. The summed E-state index contributed by atoms with van der Waals surface area (Å²) in [5, 5.41) is 10.8. The third-order valence-electron chi connectivity index (χ3n) is 4.84. The molecule has 2 aromatic carbocycles. The maximum Gasteiger partial charge on any atom is 0.275 e. The van der Waals surface area contributed by atoms with E-state index in [9.17, 15) is 4.79 Å². The summed E-state index contributed by atoms with van der Waals surface area (Å²) in [5.74, 6) is 0.612. The van der Waals surface area contributed by atoms with Crippen LogP contribution in [0.1, 0.15) is 41.0 Å². The number of nitrogens with zero attached hydrogens (tertiary/aromatic N) is 2. The summed E-state index contributed by atoms with van der Waals surface area (Å²) in [6.45, 7) is 6.92. The van der Waals surface area contributed by atoms with Gasteiger partial charge in [0.15, 0.2) is 11.4 Å². The topological polar surface area (TPSA) is 68.2 Å². The number of aromatic nitrogens is 2. The number of para-hydroxylation sites is 1. The molecule has 0 radical (unpaired) electrons. The summed E-state index contributed by atoms with van der Waals surface area (Å²) in [6.07, 6.45) is 1.77. The number of carbonyl (C=O) groups excluding carboxylic acids is 1. The molecule has 6 nitrogen and oxygen atoms in total. The van der Waals surface area contributed by atoms with Crippen LogP contribution in [0.25, 0.3) is 5.69 Å². The molecule has 1 amide bonds. The average molecular weight is 390 g/mol. The van der Waals surface area contributed by atoms with Crippen molar-refractivity contribution in [1.82, 2.24) is 20.4 Å². The zero-order valence-electron chi connectivity index (χ0n) is 16.8. The highest BCUT2D eigenvalue weighted by atomic mass is 16.5. The van der Waals surface area contributed by atoms with Gasteiger partial charge in [-0.3, -0.25) is 4.79 Å². The molecule has 2 heterocycles. The first-order chi connectivity index (χ1) is 14.1. The third kappa shape index (κ3) is 4.49. The second-order valence-electron chi connectivity index (χ2n) is 7.72. The first kappa shape index (κ1) is 19.2. The summed E-state index contributed by atoms with van der Waals surface area (Å²) >= 11 is 0.